The lowest BCUT2D eigenvalue weighted by Gasteiger charge is -2.15. The highest BCUT2D eigenvalue weighted by molar-refractivity contribution is 5.86. The molecule has 5 heterocycles. The van der Waals surface area contributed by atoms with E-state index in [-0.39, 0.29) is 52.9 Å². The number of rotatable bonds is 28. The summed E-state index contributed by atoms with van der Waals surface area (Å²) in [4.78, 5) is 15.5. The third-order valence-electron chi connectivity index (χ3n) is 12.5. The first-order chi connectivity index (χ1) is 39.3. The number of aromatic amines is 4. The average molecular weight is 1070 g/mol. The van der Waals surface area contributed by atoms with E-state index in [2.05, 4.69) is 121 Å². The van der Waals surface area contributed by atoms with Crippen LogP contribution < -0.4 is 59.3 Å². The van der Waals surface area contributed by atoms with Gasteiger partial charge in [-0.2, -0.15) is 0 Å². The van der Waals surface area contributed by atoms with Crippen LogP contribution in [0, 0.1) is 0 Å². The summed E-state index contributed by atoms with van der Waals surface area (Å²) in [5, 5.41) is 3.12. The molecule has 0 radical (unpaired) electrons. The van der Waals surface area contributed by atoms with Crippen LogP contribution in [0.15, 0.2) is 223 Å². The van der Waals surface area contributed by atoms with Crippen LogP contribution >= 0.6 is 0 Å². The fourth-order valence-electron chi connectivity index (χ4n) is 9.34. The lowest BCUT2D eigenvalue weighted by Crippen LogP contribution is -2.19. The van der Waals surface area contributed by atoms with Crippen LogP contribution in [-0.4, -0.2) is 72.8 Å². The van der Waals surface area contributed by atoms with Gasteiger partial charge < -0.3 is 57.8 Å². The van der Waals surface area contributed by atoms with E-state index >= 15 is 0 Å². The van der Waals surface area contributed by atoms with E-state index < -0.39 is 0 Å². The maximum absolute atomic E-state index is 6.23. The Bertz CT molecular complexity index is 3270. The molecule has 404 valence electrons. The lowest BCUT2D eigenvalue weighted by molar-refractivity contribution is 0.344. The molecule has 4 aromatic heterocycles. The molecule has 0 amide bonds. The standard InChI is InChI=1S/C68H64N4O8/c1-9-25-73-49-33-45(34-50(41-49)74-26-10-2)65-57-17-19-59(69-57)66(46-35-51(75-27-11-3)42-52(36-46)76-28-12-4)61-21-23-63(71-61)68(48-39-55(79-31-15-7)44-56(40-48)80-32-16-8)64-24-22-62(72-64)67(60-20-18-58(65)70-60)47-37-53(77-29-13-5)43-54(38-47)78-30-14-6/h9-24,33-44,69-72H,1-8,25-32H2. The Balaban J connectivity index is 1.44. The van der Waals surface area contributed by atoms with Gasteiger partial charge in [0, 0.05) is 90.7 Å². The first-order valence-electron chi connectivity index (χ1n) is 26.0. The van der Waals surface area contributed by atoms with E-state index in [4.69, 9.17) is 37.9 Å². The van der Waals surface area contributed by atoms with Crippen molar-refractivity contribution in [3.05, 3.63) is 289 Å². The predicted molar refractivity (Wildman–Crippen MR) is 319 cm³/mol. The molecule has 8 aromatic rings. The smallest absolute Gasteiger partial charge is 0.124 e. The summed E-state index contributed by atoms with van der Waals surface area (Å²) in [7, 11) is 0. The van der Waals surface area contributed by atoms with Gasteiger partial charge >= 0.3 is 0 Å². The van der Waals surface area contributed by atoms with Crippen molar-refractivity contribution < 1.29 is 37.9 Å². The highest BCUT2D eigenvalue weighted by Gasteiger charge is 2.22. The van der Waals surface area contributed by atoms with E-state index in [0.29, 0.717) is 46.0 Å². The lowest BCUT2D eigenvalue weighted by atomic mass is 10.0. The zero-order valence-electron chi connectivity index (χ0n) is 44.7. The molecule has 0 fully saturated rings. The molecular weight excluding hydrogens is 1000 g/mol. The molecule has 0 unspecified atom stereocenters. The Labute approximate surface area is 466 Å². The van der Waals surface area contributed by atoms with Crippen molar-refractivity contribution in [1.82, 2.24) is 19.9 Å². The minimum atomic E-state index is 0.284. The number of nitrogens with one attached hydrogen (secondary N) is 4. The molecule has 9 rings (SSSR count). The second-order valence-corrected chi connectivity index (χ2v) is 18.2. The van der Waals surface area contributed by atoms with Crippen molar-refractivity contribution in [1.29, 1.82) is 0 Å². The second-order valence-electron chi connectivity index (χ2n) is 18.2. The number of benzene rings is 4. The third-order valence-corrected chi connectivity index (χ3v) is 12.5. The molecule has 12 nitrogen and oxygen atoms in total. The molecule has 0 saturated carbocycles. The molecule has 80 heavy (non-hydrogen) atoms. The van der Waals surface area contributed by atoms with Crippen LogP contribution in [0.5, 0.6) is 46.0 Å². The van der Waals surface area contributed by atoms with Gasteiger partial charge in [0.05, 0.1) is 0 Å². The van der Waals surface area contributed by atoms with Crippen LogP contribution in [0.25, 0.3) is 22.3 Å². The molecular formula is C68H64N4O8. The van der Waals surface area contributed by atoms with Gasteiger partial charge in [-0.05, 0) is 119 Å². The van der Waals surface area contributed by atoms with E-state index in [9.17, 15) is 0 Å². The number of aromatic nitrogens is 4. The normalized spacial score (nSPS) is 11.7. The monoisotopic (exact) mass is 1060 g/mol. The highest BCUT2D eigenvalue weighted by atomic mass is 16.5. The van der Waals surface area contributed by atoms with E-state index in [0.717, 1.165) is 88.7 Å². The summed E-state index contributed by atoms with van der Waals surface area (Å²) in [6, 6.07) is 40.0. The van der Waals surface area contributed by atoms with Crippen molar-refractivity contribution in [3.8, 4) is 46.0 Å². The highest BCUT2D eigenvalue weighted by Crippen LogP contribution is 2.36. The molecule has 1 aliphatic rings. The predicted octanol–water partition coefficient (Wildman–Crippen LogP) is 10.8. The molecule has 12 heteroatoms. The van der Waals surface area contributed by atoms with E-state index in [1.807, 2.05) is 72.8 Å². The summed E-state index contributed by atoms with van der Waals surface area (Å²) in [6.07, 6.45) is 13.7. The number of H-pyrrole nitrogens is 4. The molecule has 4 N–H and O–H groups in total. The first kappa shape index (κ1) is 54.6. The summed E-state index contributed by atoms with van der Waals surface area (Å²) in [5.74, 6) is 4.73. The van der Waals surface area contributed by atoms with Crippen molar-refractivity contribution in [2.45, 2.75) is 0 Å². The number of ether oxygens (including phenoxy) is 8. The third kappa shape index (κ3) is 12.8. The molecule has 1 aliphatic heterocycles. The Morgan fingerprint density at radius 3 is 0.575 bits per heavy atom. The largest absolute Gasteiger partial charge is 0.489 e. The van der Waals surface area contributed by atoms with Crippen LogP contribution in [-0.2, 0) is 0 Å². The minimum absolute atomic E-state index is 0.284. The summed E-state index contributed by atoms with van der Waals surface area (Å²) >= 11 is 0. The van der Waals surface area contributed by atoms with Gasteiger partial charge in [0.15, 0.2) is 0 Å². The fraction of sp³-hybridized carbons (Fsp3) is 0.118. The maximum atomic E-state index is 6.23. The number of hydrogen-bond donors (Lipinski definition) is 4. The fourth-order valence-corrected chi connectivity index (χ4v) is 9.34. The van der Waals surface area contributed by atoms with Crippen LogP contribution in [0.3, 0.4) is 0 Å². The summed E-state index contributed by atoms with van der Waals surface area (Å²) < 4.78 is 49.8. The van der Waals surface area contributed by atoms with Gasteiger partial charge in [0.1, 0.15) is 98.9 Å². The number of hydrogen-bond acceptors (Lipinski definition) is 8. The van der Waals surface area contributed by atoms with Crippen molar-refractivity contribution in [3.63, 3.8) is 0 Å². The number of fused-ring (bicyclic) bond motifs is 8. The quantitative estimate of drug-likeness (QED) is 0.0356. The minimum Gasteiger partial charge on any atom is -0.489 e. The molecule has 0 saturated heterocycles. The Hall–Kier alpha value is -10.2. The topological polar surface area (TPSA) is 137 Å². The summed E-state index contributed by atoms with van der Waals surface area (Å²) in [6.45, 7) is 33.5. The molecule has 4 aromatic carbocycles. The molecule has 8 bridgehead atoms. The Kier molecular flexibility index (Phi) is 17.9. The zero-order chi connectivity index (χ0) is 55.8. The van der Waals surface area contributed by atoms with Gasteiger partial charge in [-0.15, -0.1) is 0 Å². The van der Waals surface area contributed by atoms with Gasteiger partial charge in [0.2, 0.25) is 0 Å². The molecule has 0 atom stereocenters. The molecule has 0 aliphatic carbocycles. The zero-order valence-corrected chi connectivity index (χ0v) is 44.7. The average Bonchev–Trinajstić information content (AvgIpc) is 4.42. The van der Waals surface area contributed by atoms with E-state index in [1.165, 1.54) is 0 Å². The van der Waals surface area contributed by atoms with Crippen LogP contribution in [0.2, 0.25) is 0 Å². The van der Waals surface area contributed by atoms with Gasteiger partial charge in [-0.25, -0.2) is 0 Å². The summed E-state index contributed by atoms with van der Waals surface area (Å²) in [5.41, 5.74) is 9.60. The Morgan fingerprint density at radius 2 is 0.412 bits per heavy atom. The first-order valence-corrected chi connectivity index (χ1v) is 26.0. The SMILES string of the molecule is C=CCOc1cc(OCC=C)cc(C2=c3ccc([nH]3)=C(c3cc(OCC=C)cc(OCC=C)c3)c3ccc([nH]3)C(c3cc(OCC=C)cc(OCC=C)c3)=c3ccc([nH]3)=C(c3cc(OCC=C)cc(OCC=C)c3)c3ccc2[nH]3)c1. The van der Waals surface area contributed by atoms with Crippen molar-refractivity contribution >= 4 is 22.3 Å². The van der Waals surface area contributed by atoms with Crippen molar-refractivity contribution in [2.75, 3.05) is 52.9 Å². The van der Waals surface area contributed by atoms with Gasteiger partial charge in [-0.3, -0.25) is 0 Å². The second kappa shape index (κ2) is 26.2. The Morgan fingerprint density at radius 1 is 0.237 bits per heavy atom. The van der Waals surface area contributed by atoms with Gasteiger partial charge in [0.25, 0.3) is 0 Å². The van der Waals surface area contributed by atoms with Crippen LogP contribution in [0.4, 0.5) is 0 Å². The van der Waals surface area contributed by atoms with Crippen LogP contribution in [0.1, 0.15) is 45.0 Å². The van der Waals surface area contributed by atoms with E-state index in [1.54, 1.807) is 48.6 Å². The maximum Gasteiger partial charge on any atom is 0.124 e. The van der Waals surface area contributed by atoms with Gasteiger partial charge in [-0.1, -0.05) is 101 Å². The molecule has 0 spiro atoms. The van der Waals surface area contributed by atoms with Crippen molar-refractivity contribution in [2.24, 2.45) is 0 Å².